The minimum absolute atomic E-state index is 0.100. The van der Waals surface area contributed by atoms with Gasteiger partial charge in [0.05, 0.1) is 6.61 Å². The topological polar surface area (TPSA) is 38.3 Å². The van der Waals surface area contributed by atoms with Crippen LogP contribution in [0, 0.1) is 6.92 Å². The molecule has 0 fully saturated rings. The van der Waals surface area contributed by atoms with Crippen LogP contribution < -0.4 is 10.1 Å². The van der Waals surface area contributed by atoms with Gasteiger partial charge in [-0.25, -0.2) is 0 Å². The molecule has 2 aromatic carbocycles. The summed E-state index contributed by atoms with van der Waals surface area (Å²) in [6.07, 6.45) is 3.17. The van der Waals surface area contributed by atoms with E-state index in [1.54, 1.807) is 0 Å². The van der Waals surface area contributed by atoms with Gasteiger partial charge in [-0.05, 0) is 50.8 Å². The molecule has 0 aliphatic heterocycles. The molecular formula is C21H27NO2. The fourth-order valence-corrected chi connectivity index (χ4v) is 2.50. The van der Waals surface area contributed by atoms with E-state index in [0.29, 0.717) is 13.0 Å². The summed E-state index contributed by atoms with van der Waals surface area (Å²) in [6.45, 7) is 4.67. The largest absolute Gasteiger partial charge is 0.494 e. The van der Waals surface area contributed by atoms with Crippen molar-refractivity contribution in [2.24, 2.45) is 0 Å². The maximum atomic E-state index is 12.0. The van der Waals surface area contributed by atoms with Crippen LogP contribution in [0.2, 0.25) is 0 Å². The average molecular weight is 325 g/mol. The molecule has 0 spiro atoms. The molecule has 128 valence electrons. The van der Waals surface area contributed by atoms with Crippen molar-refractivity contribution >= 4 is 5.91 Å². The molecule has 0 aliphatic carbocycles. The summed E-state index contributed by atoms with van der Waals surface area (Å²) in [5, 5.41) is 3.06. The summed E-state index contributed by atoms with van der Waals surface area (Å²) in [5.41, 5.74) is 2.52. The fourth-order valence-electron chi connectivity index (χ4n) is 2.50. The SMILES string of the molecule is Cc1ccc(OCCCC(=O)N[C@H](C)CCc2ccccc2)cc1. The van der Waals surface area contributed by atoms with Crippen molar-refractivity contribution in [3.63, 3.8) is 0 Å². The third-order valence-electron chi connectivity index (χ3n) is 3.95. The van der Waals surface area contributed by atoms with E-state index in [4.69, 9.17) is 4.74 Å². The Balaban J connectivity index is 1.58. The highest BCUT2D eigenvalue weighted by molar-refractivity contribution is 5.76. The van der Waals surface area contributed by atoms with E-state index in [0.717, 1.165) is 25.0 Å². The van der Waals surface area contributed by atoms with Crippen molar-refractivity contribution in [3.8, 4) is 5.75 Å². The number of rotatable bonds is 9. The first-order valence-electron chi connectivity index (χ1n) is 8.66. The van der Waals surface area contributed by atoms with Gasteiger partial charge >= 0.3 is 0 Å². The van der Waals surface area contributed by atoms with Crippen LogP contribution in [0.15, 0.2) is 54.6 Å². The highest BCUT2D eigenvalue weighted by Gasteiger charge is 2.07. The van der Waals surface area contributed by atoms with Crippen LogP contribution in [0.25, 0.3) is 0 Å². The normalized spacial score (nSPS) is 11.8. The Morgan fingerprint density at radius 1 is 1.08 bits per heavy atom. The number of benzene rings is 2. The monoisotopic (exact) mass is 325 g/mol. The molecule has 24 heavy (non-hydrogen) atoms. The predicted octanol–water partition coefficient (Wildman–Crippen LogP) is 4.29. The number of amides is 1. The lowest BCUT2D eigenvalue weighted by Gasteiger charge is -2.14. The number of ether oxygens (including phenoxy) is 1. The molecule has 3 nitrogen and oxygen atoms in total. The molecule has 0 saturated heterocycles. The number of hydrogen-bond donors (Lipinski definition) is 1. The first-order chi connectivity index (χ1) is 11.6. The molecule has 1 N–H and O–H groups in total. The second-order valence-electron chi connectivity index (χ2n) is 6.26. The maximum Gasteiger partial charge on any atom is 0.220 e. The Kier molecular flexibility index (Phi) is 7.34. The predicted molar refractivity (Wildman–Crippen MR) is 98.3 cm³/mol. The lowest BCUT2D eigenvalue weighted by Crippen LogP contribution is -2.32. The quantitative estimate of drug-likeness (QED) is 0.698. The third-order valence-corrected chi connectivity index (χ3v) is 3.95. The van der Waals surface area contributed by atoms with E-state index in [2.05, 4.69) is 24.4 Å². The van der Waals surface area contributed by atoms with Gasteiger partial charge in [0.15, 0.2) is 0 Å². The van der Waals surface area contributed by atoms with Gasteiger partial charge in [-0.15, -0.1) is 0 Å². The van der Waals surface area contributed by atoms with E-state index >= 15 is 0 Å². The van der Waals surface area contributed by atoms with Gasteiger partial charge in [0.2, 0.25) is 5.91 Å². The molecule has 3 heteroatoms. The molecule has 2 aromatic rings. The van der Waals surface area contributed by atoms with Gasteiger partial charge in [0.25, 0.3) is 0 Å². The molecule has 0 saturated carbocycles. The Bertz CT molecular complexity index is 607. The molecule has 1 amide bonds. The maximum absolute atomic E-state index is 12.0. The van der Waals surface area contributed by atoms with Crippen LogP contribution in [-0.4, -0.2) is 18.6 Å². The van der Waals surface area contributed by atoms with Gasteiger partial charge in [0.1, 0.15) is 5.75 Å². The molecule has 0 unspecified atom stereocenters. The lowest BCUT2D eigenvalue weighted by molar-refractivity contribution is -0.121. The first kappa shape index (κ1) is 18.1. The highest BCUT2D eigenvalue weighted by atomic mass is 16.5. The minimum atomic E-state index is 0.100. The van der Waals surface area contributed by atoms with Gasteiger partial charge in [-0.3, -0.25) is 4.79 Å². The summed E-state index contributed by atoms with van der Waals surface area (Å²) in [7, 11) is 0. The van der Waals surface area contributed by atoms with Crippen molar-refractivity contribution in [1.82, 2.24) is 5.32 Å². The molecule has 0 heterocycles. The Labute approximate surface area is 145 Å². The number of carbonyl (C=O) groups is 1. The van der Waals surface area contributed by atoms with E-state index in [-0.39, 0.29) is 11.9 Å². The van der Waals surface area contributed by atoms with Crippen LogP contribution in [0.4, 0.5) is 0 Å². The summed E-state index contributed by atoms with van der Waals surface area (Å²) < 4.78 is 5.64. The Morgan fingerprint density at radius 3 is 2.50 bits per heavy atom. The van der Waals surface area contributed by atoms with Gasteiger partial charge in [0, 0.05) is 12.5 Å². The molecule has 1 atom stereocenters. The summed E-state index contributed by atoms with van der Waals surface area (Å²) in [5.74, 6) is 0.959. The molecule has 0 aromatic heterocycles. The van der Waals surface area contributed by atoms with Crippen LogP contribution >= 0.6 is 0 Å². The number of nitrogens with one attached hydrogen (secondary N) is 1. The smallest absolute Gasteiger partial charge is 0.220 e. The summed E-state index contributed by atoms with van der Waals surface area (Å²) in [4.78, 5) is 12.0. The van der Waals surface area contributed by atoms with Crippen molar-refractivity contribution in [2.45, 2.75) is 45.6 Å². The van der Waals surface area contributed by atoms with Crippen molar-refractivity contribution in [3.05, 3.63) is 65.7 Å². The zero-order valence-electron chi connectivity index (χ0n) is 14.6. The van der Waals surface area contributed by atoms with Crippen LogP contribution in [0.3, 0.4) is 0 Å². The zero-order chi connectivity index (χ0) is 17.2. The van der Waals surface area contributed by atoms with Crippen molar-refractivity contribution in [1.29, 1.82) is 0 Å². The van der Waals surface area contributed by atoms with Gasteiger partial charge in [-0.1, -0.05) is 48.0 Å². The van der Waals surface area contributed by atoms with Crippen LogP contribution in [-0.2, 0) is 11.2 Å². The first-order valence-corrected chi connectivity index (χ1v) is 8.66. The van der Waals surface area contributed by atoms with E-state index < -0.39 is 0 Å². The number of aryl methyl sites for hydroxylation is 2. The molecule has 2 rings (SSSR count). The molecular weight excluding hydrogens is 298 g/mol. The van der Waals surface area contributed by atoms with E-state index in [9.17, 15) is 4.79 Å². The van der Waals surface area contributed by atoms with Crippen molar-refractivity contribution in [2.75, 3.05) is 6.61 Å². The minimum Gasteiger partial charge on any atom is -0.494 e. The number of carbonyl (C=O) groups excluding carboxylic acids is 1. The Hall–Kier alpha value is -2.29. The third kappa shape index (κ3) is 6.86. The lowest BCUT2D eigenvalue weighted by atomic mass is 10.1. The second kappa shape index (κ2) is 9.76. The molecule has 0 aliphatic rings. The van der Waals surface area contributed by atoms with Crippen LogP contribution in [0.5, 0.6) is 5.75 Å². The summed E-state index contributed by atoms with van der Waals surface area (Å²) >= 11 is 0. The van der Waals surface area contributed by atoms with Gasteiger partial charge in [-0.2, -0.15) is 0 Å². The van der Waals surface area contributed by atoms with E-state index in [1.807, 2.05) is 49.4 Å². The summed E-state index contributed by atoms with van der Waals surface area (Å²) in [6, 6.07) is 18.5. The molecule has 0 radical (unpaired) electrons. The Morgan fingerprint density at radius 2 is 1.79 bits per heavy atom. The van der Waals surface area contributed by atoms with E-state index in [1.165, 1.54) is 11.1 Å². The zero-order valence-corrected chi connectivity index (χ0v) is 14.6. The van der Waals surface area contributed by atoms with Gasteiger partial charge < -0.3 is 10.1 Å². The standard InChI is InChI=1S/C21H27NO2/c1-17-10-14-20(15-11-17)24-16-6-9-21(23)22-18(2)12-13-19-7-4-3-5-8-19/h3-5,7-8,10-11,14-15,18H,6,9,12-13,16H2,1-2H3,(H,22,23)/t18-/m1/s1. The van der Waals surface area contributed by atoms with Crippen molar-refractivity contribution < 1.29 is 9.53 Å². The number of hydrogen-bond acceptors (Lipinski definition) is 2. The average Bonchev–Trinajstić information content (AvgIpc) is 2.59. The highest BCUT2D eigenvalue weighted by Crippen LogP contribution is 2.12. The molecule has 0 bridgehead atoms. The fraction of sp³-hybridized carbons (Fsp3) is 0.381. The van der Waals surface area contributed by atoms with Crippen LogP contribution in [0.1, 0.15) is 37.3 Å². The second-order valence-corrected chi connectivity index (χ2v) is 6.26.